The third kappa shape index (κ3) is 38.9. The van der Waals surface area contributed by atoms with Gasteiger partial charge in [0.15, 0.2) is 0 Å². The third-order valence-corrected chi connectivity index (χ3v) is 0.762. The molecule has 0 fully saturated rings. The Morgan fingerprint density at radius 3 is 1.50 bits per heavy atom. The summed E-state index contributed by atoms with van der Waals surface area (Å²) in [7, 11) is 0. The topological polar surface area (TPSA) is 52.0 Å². The second kappa shape index (κ2) is 22.7. The zero-order valence-corrected chi connectivity index (χ0v) is 7.40. The Labute approximate surface area is 76.9 Å². The van der Waals surface area contributed by atoms with E-state index in [2.05, 4.69) is 13.8 Å². The SMILES string of the molecule is NCCCN.[CH2-]CCC.[Li+]. The predicted molar refractivity (Wildman–Crippen MR) is 43.0 cm³/mol. The minimum atomic E-state index is 0. The van der Waals surface area contributed by atoms with Crippen LogP contribution in [-0.4, -0.2) is 13.1 Å². The van der Waals surface area contributed by atoms with Gasteiger partial charge in [-0.1, -0.05) is 13.3 Å². The molecule has 0 aromatic carbocycles. The van der Waals surface area contributed by atoms with Gasteiger partial charge in [-0.05, 0) is 19.5 Å². The van der Waals surface area contributed by atoms with Crippen molar-refractivity contribution in [1.82, 2.24) is 0 Å². The van der Waals surface area contributed by atoms with Gasteiger partial charge in [0.1, 0.15) is 0 Å². The maximum atomic E-state index is 5.06. The minimum Gasteiger partial charge on any atom is -0.343 e. The molecule has 0 radical (unpaired) electrons. The Morgan fingerprint density at radius 1 is 1.20 bits per heavy atom. The standard InChI is InChI=1S/C4H9.C3H10N2.Li/c1-3-4-2;4-2-1-3-5;/h1,3-4H2,2H3;1-5H2;/q-1;;+1. The van der Waals surface area contributed by atoms with Crippen molar-refractivity contribution < 1.29 is 18.9 Å². The van der Waals surface area contributed by atoms with E-state index in [4.69, 9.17) is 11.5 Å². The van der Waals surface area contributed by atoms with Crippen LogP contribution in [0.4, 0.5) is 0 Å². The van der Waals surface area contributed by atoms with Gasteiger partial charge < -0.3 is 18.4 Å². The number of hydrogen-bond acceptors (Lipinski definition) is 2. The summed E-state index contributed by atoms with van der Waals surface area (Å²) < 4.78 is 0. The molecule has 0 aliphatic heterocycles. The number of hydrogen-bond donors (Lipinski definition) is 2. The van der Waals surface area contributed by atoms with Crippen LogP contribution in [-0.2, 0) is 0 Å². The zero-order chi connectivity index (χ0) is 7.54. The average Bonchev–Trinajstić information content (AvgIpc) is 1.91. The van der Waals surface area contributed by atoms with Gasteiger partial charge in [-0.3, -0.25) is 0 Å². The molecule has 0 bridgehead atoms. The Bertz CT molecular complexity index is 30.8. The maximum absolute atomic E-state index is 5.06. The van der Waals surface area contributed by atoms with Crippen LogP contribution < -0.4 is 30.3 Å². The smallest absolute Gasteiger partial charge is 0.343 e. The Balaban J connectivity index is -0.0000000910. The van der Waals surface area contributed by atoms with Gasteiger partial charge in [0.25, 0.3) is 0 Å². The van der Waals surface area contributed by atoms with Gasteiger partial charge in [0.2, 0.25) is 0 Å². The molecule has 0 aliphatic carbocycles. The molecular formula is C7H19LiN2. The quantitative estimate of drug-likeness (QED) is 0.347. The molecule has 0 aromatic heterocycles. The van der Waals surface area contributed by atoms with Crippen LogP contribution in [0.5, 0.6) is 0 Å². The van der Waals surface area contributed by atoms with Crippen LogP contribution in [0.15, 0.2) is 0 Å². The summed E-state index contributed by atoms with van der Waals surface area (Å²) in [6.45, 7) is 7.16. The summed E-state index contributed by atoms with van der Waals surface area (Å²) in [6.07, 6.45) is 3.22. The first kappa shape index (κ1) is 16.9. The Morgan fingerprint density at radius 2 is 1.50 bits per heavy atom. The monoisotopic (exact) mass is 138 g/mol. The third-order valence-electron chi connectivity index (χ3n) is 0.762. The molecule has 0 atom stereocenters. The van der Waals surface area contributed by atoms with Crippen LogP contribution in [0.1, 0.15) is 26.2 Å². The Hall–Kier alpha value is 0.517. The van der Waals surface area contributed by atoms with Crippen LogP contribution in [0.2, 0.25) is 0 Å². The maximum Gasteiger partial charge on any atom is 1.00 e. The van der Waals surface area contributed by atoms with Gasteiger partial charge >= 0.3 is 18.9 Å². The van der Waals surface area contributed by atoms with Gasteiger partial charge in [-0.15, -0.1) is 0 Å². The van der Waals surface area contributed by atoms with E-state index in [9.17, 15) is 0 Å². The van der Waals surface area contributed by atoms with Gasteiger partial charge in [0, 0.05) is 0 Å². The second-order valence-electron chi connectivity index (χ2n) is 1.78. The normalized spacial score (nSPS) is 7.20. The van der Waals surface area contributed by atoms with E-state index in [1.807, 2.05) is 0 Å². The van der Waals surface area contributed by atoms with Gasteiger partial charge in [0.05, 0.1) is 0 Å². The van der Waals surface area contributed by atoms with Crippen LogP contribution in [0.3, 0.4) is 0 Å². The van der Waals surface area contributed by atoms with Crippen LogP contribution in [0.25, 0.3) is 0 Å². The van der Waals surface area contributed by atoms with Gasteiger partial charge in [-0.25, -0.2) is 0 Å². The van der Waals surface area contributed by atoms with E-state index in [-0.39, 0.29) is 18.9 Å². The van der Waals surface area contributed by atoms with Crippen LogP contribution >= 0.6 is 0 Å². The van der Waals surface area contributed by atoms with Crippen molar-refractivity contribution >= 4 is 0 Å². The molecule has 2 nitrogen and oxygen atoms in total. The fourth-order valence-corrected chi connectivity index (χ4v) is 0.118. The largest absolute Gasteiger partial charge is 1.00 e. The minimum absolute atomic E-state index is 0. The molecule has 0 aromatic rings. The molecule has 4 N–H and O–H groups in total. The van der Waals surface area contributed by atoms with Gasteiger partial charge in [-0.2, -0.15) is 6.42 Å². The van der Waals surface area contributed by atoms with E-state index in [1.54, 1.807) is 0 Å². The molecule has 0 rings (SSSR count). The van der Waals surface area contributed by atoms with Crippen molar-refractivity contribution in [2.24, 2.45) is 11.5 Å². The summed E-state index contributed by atoms with van der Waals surface area (Å²) in [5.74, 6) is 0. The van der Waals surface area contributed by atoms with E-state index in [0.717, 1.165) is 25.9 Å². The van der Waals surface area contributed by atoms with E-state index in [1.165, 1.54) is 6.42 Å². The molecule has 0 unspecified atom stereocenters. The summed E-state index contributed by atoms with van der Waals surface area (Å²) in [5, 5.41) is 0. The molecule has 0 heterocycles. The fraction of sp³-hybridized carbons (Fsp3) is 0.857. The molecular weight excluding hydrogens is 119 g/mol. The molecule has 0 spiro atoms. The van der Waals surface area contributed by atoms with Crippen LogP contribution in [0, 0.1) is 6.92 Å². The van der Waals surface area contributed by atoms with Crippen molar-refractivity contribution in [3.05, 3.63) is 6.92 Å². The predicted octanol–water partition coefficient (Wildman–Crippen LogP) is -2.08. The number of rotatable bonds is 3. The Kier molecular flexibility index (Phi) is 38.2. The zero-order valence-electron chi connectivity index (χ0n) is 7.40. The first-order valence-corrected chi connectivity index (χ1v) is 3.52. The molecule has 3 heteroatoms. The molecule has 10 heavy (non-hydrogen) atoms. The van der Waals surface area contributed by atoms with Crippen molar-refractivity contribution in [2.45, 2.75) is 26.2 Å². The molecule has 0 aliphatic rings. The van der Waals surface area contributed by atoms with E-state index >= 15 is 0 Å². The van der Waals surface area contributed by atoms with Crippen molar-refractivity contribution in [1.29, 1.82) is 0 Å². The summed E-state index contributed by atoms with van der Waals surface area (Å²) in [5.41, 5.74) is 10.1. The van der Waals surface area contributed by atoms with Crippen molar-refractivity contribution in [3.63, 3.8) is 0 Å². The van der Waals surface area contributed by atoms with Crippen molar-refractivity contribution in [2.75, 3.05) is 13.1 Å². The first-order valence-electron chi connectivity index (χ1n) is 3.52. The molecule has 0 saturated heterocycles. The fourth-order valence-electron chi connectivity index (χ4n) is 0.118. The second-order valence-corrected chi connectivity index (χ2v) is 1.78. The summed E-state index contributed by atoms with van der Waals surface area (Å²) in [6, 6.07) is 0. The van der Waals surface area contributed by atoms with Crippen molar-refractivity contribution in [3.8, 4) is 0 Å². The van der Waals surface area contributed by atoms with E-state index < -0.39 is 0 Å². The first-order chi connectivity index (χ1) is 4.33. The summed E-state index contributed by atoms with van der Waals surface area (Å²) >= 11 is 0. The van der Waals surface area contributed by atoms with E-state index in [0.29, 0.717) is 0 Å². The number of unbranched alkanes of at least 4 members (excludes halogenated alkanes) is 1. The molecule has 58 valence electrons. The molecule has 0 amide bonds. The average molecular weight is 138 g/mol. The molecule has 0 saturated carbocycles. The summed E-state index contributed by atoms with van der Waals surface area (Å²) in [4.78, 5) is 0. The number of nitrogens with two attached hydrogens (primary N) is 2.